The first kappa shape index (κ1) is 34.8. The first-order valence-corrected chi connectivity index (χ1v) is 19.4. The third kappa shape index (κ3) is 7.63. The van der Waals surface area contributed by atoms with Crippen LogP contribution >= 0.6 is 0 Å². The maximum Gasteiger partial charge on any atom is 0.315 e. The third-order valence-corrected chi connectivity index (χ3v) is 12.7. The predicted molar refractivity (Wildman–Crippen MR) is 198 cm³/mol. The average Bonchev–Trinajstić information content (AvgIpc) is 3.57. The van der Waals surface area contributed by atoms with Gasteiger partial charge in [-0.2, -0.15) is 0 Å². The van der Waals surface area contributed by atoms with Gasteiger partial charge in [0.25, 0.3) is 0 Å². The molecule has 8 heteroatoms. The smallest absolute Gasteiger partial charge is 0.315 e. The van der Waals surface area contributed by atoms with Gasteiger partial charge in [0.05, 0.1) is 25.4 Å². The maximum atomic E-state index is 13.1. The number of nitrogens with one attached hydrogen (secondary N) is 2. The van der Waals surface area contributed by atoms with E-state index >= 15 is 0 Å². The van der Waals surface area contributed by atoms with E-state index < -0.39 is 6.29 Å². The summed E-state index contributed by atoms with van der Waals surface area (Å²) in [6.45, 7) is 5.37. The Labute approximate surface area is 303 Å². The van der Waals surface area contributed by atoms with Crippen LogP contribution < -0.4 is 10.6 Å². The van der Waals surface area contributed by atoms with Crippen molar-refractivity contribution in [3.05, 3.63) is 95.1 Å². The summed E-state index contributed by atoms with van der Waals surface area (Å²) in [5.74, 6) is 2.54. The summed E-state index contributed by atoms with van der Waals surface area (Å²) in [6.07, 6.45) is 9.21. The molecule has 4 aliphatic carbocycles. The fourth-order valence-corrected chi connectivity index (χ4v) is 10.5. The van der Waals surface area contributed by atoms with Crippen LogP contribution in [0.5, 0.6) is 0 Å². The van der Waals surface area contributed by atoms with E-state index in [1.54, 1.807) is 7.11 Å². The molecule has 4 bridgehead atoms. The number of amides is 2. The molecule has 0 unspecified atom stereocenters. The van der Waals surface area contributed by atoms with Gasteiger partial charge < -0.3 is 30.0 Å². The number of hydrogen-bond donors (Lipinski definition) is 3. The van der Waals surface area contributed by atoms with E-state index in [2.05, 4.69) is 83.1 Å². The molecule has 272 valence electrons. The molecule has 2 aliphatic heterocycles. The lowest BCUT2D eigenvalue weighted by molar-refractivity contribution is -0.276. The number of aliphatic hydroxyl groups excluding tert-OH is 1. The lowest BCUT2D eigenvalue weighted by atomic mass is 9.53. The van der Waals surface area contributed by atoms with Crippen LogP contribution in [0, 0.1) is 23.7 Å². The van der Waals surface area contributed by atoms with Gasteiger partial charge in [0.15, 0.2) is 6.29 Å². The molecule has 8 nitrogen and oxygen atoms in total. The minimum absolute atomic E-state index is 0.0113. The zero-order valence-corrected chi connectivity index (χ0v) is 30.3. The second-order valence-corrected chi connectivity index (χ2v) is 16.4. The van der Waals surface area contributed by atoms with Gasteiger partial charge in [0.2, 0.25) is 0 Å². The number of methoxy groups -OCH3 is 1. The Morgan fingerprint density at radius 1 is 0.902 bits per heavy atom. The first-order valence-electron chi connectivity index (χ1n) is 19.4. The van der Waals surface area contributed by atoms with Gasteiger partial charge in [0, 0.05) is 43.3 Å². The first-order chi connectivity index (χ1) is 24.9. The number of rotatable bonds is 11. The quantitative estimate of drug-likeness (QED) is 0.193. The van der Waals surface area contributed by atoms with Crippen LogP contribution in [0.15, 0.2) is 72.8 Å². The molecule has 3 aromatic carbocycles. The Hall–Kier alpha value is -3.27. The number of urea groups is 1. The highest BCUT2D eigenvalue weighted by molar-refractivity contribution is 5.75. The molecule has 3 N–H and O–H groups in total. The van der Waals surface area contributed by atoms with Crippen molar-refractivity contribution in [3.8, 4) is 11.1 Å². The van der Waals surface area contributed by atoms with Crippen LogP contribution in [-0.2, 0) is 27.4 Å². The van der Waals surface area contributed by atoms with Crippen molar-refractivity contribution >= 4 is 6.03 Å². The molecule has 3 aromatic rings. The van der Waals surface area contributed by atoms with Crippen LogP contribution in [0.1, 0.15) is 92.9 Å². The van der Waals surface area contributed by atoms with Crippen molar-refractivity contribution in [3.63, 3.8) is 0 Å². The summed E-state index contributed by atoms with van der Waals surface area (Å²) in [7, 11) is 1.78. The summed E-state index contributed by atoms with van der Waals surface area (Å²) < 4.78 is 19.1. The summed E-state index contributed by atoms with van der Waals surface area (Å²) in [5.41, 5.74) is 6.29. The number of aliphatic hydroxyl groups is 1. The molecule has 0 radical (unpaired) electrons. The lowest BCUT2D eigenvalue weighted by Gasteiger charge is -2.56. The topological polar surface area (TPSA) is 92.3 Å². The number of carbonyl (C=O) groups is 1. The molecular formula is C43H55N3O5. The van der Waals surface area contributed by atoms with Gasteiger partial charge in [0.1, 0.15) is 0 Å². The molecule has 9 rings (SSSR count). The second-order valence-electron chi connectivity index (χ2n) is 16.4. The fourth-order valence-electron chi connectivity index (χ4n) is 10.5. The number of hydrogen-bond acceptors (Lipinski definition) is 6. The SMILES string of the molecule is COC[C@@H]1CCCN1C[C@H]1O[C@@H](c2ccc(-c3cccc(CNC(=O)NC45CC6CC(CC(C6)C4)C5)c3)cc2)O[C@@H](c2ccc(CO)cc2)[C@H]1C. The van der Waals surface area contributed by atoms with Crippen molar-refractivity contribution in [2.24, 2.45) is 23.7 Å². The minimum atomic E-state index is -0.505. The summed E-state index contributed by atoms with van der Waals surface area (Å²) in [5, 5.41) is 16.2. The van der Waals surface area contributed by atoms with Crippen molar-refractivity contribution in [2.75, 3.05) is 26.8 Å². The van der Waals surface area contributed by atoms with Crippen LogP contribution in [0.2, 0.25) is 0 Å². The van der Waals surface area contributed by atoms with Gasteiger partial charge in [-0.05, 0) is 110 Å². The van der Waals surface area contributed by atoms with Crippen molar-refractivity contribution in [1.82, 2.24) is 15.5 Å². The zero-order chi connectivity index (χ0) is 35.0. The Kier molecular flexibility index (Phi) is 10.2. The van der Waals surface area contributed by atoms with Crippen molar-refractivity contribution in [2.45, 2.75) is 102 Å². The molecule has 2 heterocycles. The number of likely N-dealkylation sites (tertiary alicyclic amines) is 1. The van der Waals surface area contributed by atoms with Crippen LogP contribution in [-0.4, -0.2) is 60.5 Å². The molecule has 2 saturated heterocycles. The Morgan fingerprint density at radius 3 is 2.29 bits per heavy atom. The third-order valence-electron chi connectivity index (χ3n) is 12.7. The number of benzene rings is 3. The Bertz CT molecular complexity index is 1610. The summed E-state index contributed by atoms with van der Waals surface area (Å²) >= 11 is 0. The van der Waals surface area contributed by atoms with Crippen LogP contribution in [0.4, 0.5) is 4.79 Å². The minimum Gasteiger partial charge on any atom is -0.392 e. The zero-order valence-electron chi connectivity index (χ0n) is 30.3. The molecule has 2 amide bonds. The number of ether oxygens (including phenoxy) is 3. The highest BCUT2D eigenvalue weighted by atomic mass is 16.7. The Morgan fingerprint density at radius 2 is 1.61 bits per heavy atom. The van der Waals surface area contributed by atoms with E-state index in [-0.39, 0.29) is 36.3 Å². The molecule has 6 fully saturated rings. The fraction of sp³-hybridized carbons (Fsp3) is 0.558. The molecule has 6 aliphatic rings. The lowest BCUT2D eigenvalue weighted by Crippen LogP contribution is -2.61. The van der Waals surface area contributed by atoms with Gasteiger partial charge in [-0.3, -0.25) is 4.90 Å². The van der Waals surface area contributed by atoms with E-state index in [1.807, 2.05) is 12.1 Å². The predicted octanol–water partition coefficient (Wildman–Crippen LogP) is 7.52. The highest BCUT2D eigenvalue weighted by Crippen LogP contribution is 2.55. The summed E-state index contributed by atoms with van der Waals surface area (Å²) in [6, 6.07) is 25.5. The van der Waals surface area contributed by atoms with Crippen molar-refractivity contribution in [1.29, 1.82) is 0 Å². The highest BCUT2D eigenvalue weighted by Gasteiger charge is 2.51. The molecule has 0 aromatic heterocycles. The van der Waals surface area contributed by atoms with Crippen LogP contribution in [0.3, 0.4) is 0 Å². The normalized spacial score (nSPS) is 33.0. The molecule has 51 heavy (non-hydrogen) atoms. The molecule has 0 spiro atoms. The monoisotopic (exact) mass is 693 g/mol. The molecule has 5 atom stereocenters. The van der Waals surface area contributed by atoms with Gasteiger partial charge in [-0.25, -0.2) is 4.79 Å². The van der Waals surface area contributed by atoms with E-state index in [1.165, 1.54) is 25.7 Å². The number of carbonyl (C=O) groups excluding carboxylic acids is 1. The largest absolute Gasteiger partial charge is 0.392 e. The maximum absolute atomic E-state index is 13.1. The Balaban J connectivity index is 0.939. The van der Waals surface area contributed by atoms with E-state index in [0.29, 0.717) is 12.6 Å². The summed E-state index contributed by atoms with van der Waals surface area (Å²) in [4.78, 5) is 15.6. The molecule has 4 saturated carbocycles. The number of nitrogens with zero attached hydrogens (tertiary/aromatic N) is 1. The molecular weight excluding hydrogens is 638 g/mol. The standard InChI is InChI=1S/C43H55N3O5/c1-28-39(25-46-16-4-7-38(46)27-49-2)50-41(51-40(28)35-10-8-29(26-47)9-11-35)36-14-12-34(13-15-36)37-6-3-5-30(20-37)24-44-42(48)45-43-21-31-17-32(22-43)19-33(18-31)23-43/h3,5-6,8-15,20,28,31-33,38-41,47H,4,7,16-19,21-27H2,1-2H3,(H2,44,45,48)/t28-,31?,32?,33?,38-,39+,40+,41+,43?/m0/s1. The van der Waals surface area contributed by atoms with Crippen molar-refractivity contribution < 1.29 is 24.1 Å². The second kappa shape index (κ2) is 15.0. The van der Waals surface area contributed by atoms with E-state index in [0.717, 1.165) is 96.5 Å². The van der Waals surface area contributed by atoms with Gasteiger partial charge in [-0.15, -0.1) is 0 Å². The van der Waals surface area contributed by atoms with Gasteiger partial charge >= 0.3 is 6.03 Å². The van der Waals surface area contributed by atoms with Gasteiger partial charge in [-0.1, -0.05) is 73.7 Å². The van der Waals surface area contributed by atoms with E-state index in [9.17, 15) is 9.90 Å². The average molecular weight is 694 g/mol. The van der Waals surface area contributed by atoms with Crippen LogP contribution in [0.25, 0.3) is 11.1 Å². The van der Waals surface area contributed by atoms with E-state index in [4.69, 9.17) is 14.2 Å².